The van der Waals surface area contributed by atoms with Gasteiger partial charge < -0.3 is 5.32 Å². The van der Waals surface area contributed by atoms with Crippen molar-refractivity contribution in [2.45, 2.75) is 26.4 Å². The standard InChI is InChI=1S/C13H18N4O2/c1-4-14-13(18)9(2)17(3)8-10-5-6-11-12(7-10)16-19-15-11/h5-7,9H,4,8H2,1-3H3,(H,14,18)/t9-/m1/s1. The van der Waals surface area contributed by atoms with Gasteiger partial charge in [0.1, 0.15) is 11.0 Å². The summed E-state index contributed by atoms with van der Waals surface area (Å²) in [6, 6.07) is 5.58. The van der Waals surface area contributed by atoms with Gasteiger partial charge >= 0.3 is 0 Å². The number of nitrogens with one attached hydrogen (secondary N) is 1. The molecule has 19 heavy (non-hydrogen) atoms. The van der Waals surface area contributed by atoms with E-state index in [-0.39, 0.29) is 11.9 Å². The summed E-state index contributed by atoms with van der Waals surface area (Å²) in [5, 5.41) is 10.4. The molecular formula is C13H18N4O2. The van der Waals surface area contributed by atoms with Crippen LogP contribution in [0.5, 0.6) is 0 Å². The Hall–Kier alpha value is -1.95. The van der Waals surface area contributed by atoms with Crippen LogP contribution in [0.15, 0.2) is 22.8 Å². The minimum atomic E-state index is -0.175. The topological polar surface area (TPSA) is 71.3 Å². The highest BCUT2D eigenvalue weighted by atomic mass is 16.6. The maximum absolute atomic E-state index is 11.8. The molecule has 2 aromatic rings. The zero-order chi connectivity index (χ0) is 13.8. The molecule has 6 nitrogen and oxygen atoms in total. The second-order valence-corrected chi connectivity index (χ2v) is 4.57. The van der Waals surface area contributed by atoms with Crippen LogP contribution in [0.3, 0.4) is 0 Å². The molecular weight excluding hydrogens is 244 g/mol. The van der Waals surface area contributed by atoms with E-state index in [9.17, 15) is 4.79 Å². The lowest BCUT2D eigenvalue weighted by Crippen LogP contribution is -2.42. The lowest BCUT2D eigenvalue weighted by atomic mass is 10.1. The largest absolute Gasteiger partial charge is 0.355 e. The van der Waals surface area contributed by atoms with Crippen LogP contribution in [0, 0.1) is 0 Å². The molecule has 1 amide bonds. The molecule has 102 valence electrons. The van der Waals surface area contributed by atoms with E-state index >= 15 is 0 Å². The van der Waals surface area contributed by atoms with E-state index < -0.39 is 0 Å². The summed E-state index contributed by atoms with van der Waals surface area (Å²) in [5.41, 5.74) is 2.54. The van der Waals surface area contributed by atoms with Crippen LogP contribution in [0.4, 0.5) is 0 Å². The second-order valence-electron chi connectivity index (χ2n) is 4.57. The normalized spacial score (nSPS) is 12.8. The zero-order valence-electron chi connectivity index (χ0n) is 11.4. The third-order valence-electron chi connectivity index (χ3n) is 3.14. The number of likely N-dealkylation sites (N-methyl/N-ethyl adjacent to an activating group) is 2. The lowest BCUT2D eigenvalue weighted by Gasteiger charge is -2.23. The third kappa shape index (κ3) is 3.08. The van der Waals surface area contributed by atoms with Crippen molar-refractivity contribution >= 4 is 16.9 Å². The maximum atomic E-state index is 11.8. The van der Waals surface area contributed by atoms with Gasteiger partial charge in [-0.1, -0.05) is 6.07 Å². The number of hydrogen-bond acceptors (Lipinski definition) is 5. The van der Waals surface area contributed by atoms with Crippen molar-refractivity contribution in [3.05, 3.63) is 23.8 Å². The van der Waals surface area contributed by atoms with Crippen LogP contribution in [0.1, 0.15) is 19.4 Å². The van der Waals surface area contributed by atoms with E-state index in [0.29, 0.717) is 13.1 Å². The highest BCUT2D eigenvalue weighted by molar-refractivity contribution is 5.81. The SMILES string of the molecule is CCNC(=O)[C@@H](C)N(C)Cc1ccc2nonc2c1. The molecule has 0 saturated carbocycles. The van der Waals surface area contributed by atoms with Gasteiger partial charge in [0.15, 0.2) is 0 Å². The van der Waals surface area contributed by atoms with Gasteiger partial charge in [0, 0.05) is 13.1 Å². The van der Waals surface area contributed by atoms with Crippen LogP contribution in [-0.4, -0.2) is 40.8 Å². The van der Waals surface area contributed by atoms with E-state index in [1.54, 1.807) is 0 Å². The number of fused-ring (bicyclic) bond motifs is 1. The number of amides is 1. The number of carbonyl (C=O) groups is 1. The van der Waals surface area contributed by atoms with Gasteiger partial charge in [-0.05, 0) is 48.9 Å². The summed E-state index contributed by atoms with van der Waals surface area (Å²) in [4.78, 5) is 13.7. The predicted octanol–water partition coefficient (Wildman–Crippen LogP) is 1.18. The Balaban J connectivity index is 2.05. The molecule has 6 heteroatoms. The fourth-order valence-corrected chi connectivity index (χ4v) is 1.87. The molecule has 0 radical (unpaired) electrons. The van der Waals surface area contributed by atoms with Gasteiger partial charge in [0.25, 0.3) is 0 Å². The number of nitrogens with zero attached hydrogens (tertiary/aromatic N) is 3. The lowest BCUT2D eigenvalue weighted by molar-refractivity contribution is -0.125. The van der Waals surface area contributed by atoms with E-state index in [0.717, 1.165) is 16.6 Å². The van der Waals surface area contributed by atoms with Crippen molar-refractivity contribution in [2.24, 2.45) is 0 Å². The van der Waals surface area contributed by atoms with Gasteiger partial charge in [-0.3, -0.25) is 9.69 Å². The second kappa shape index (κ2) is 5.79. The molecule has 0 aliphatic rings. The summed E-state index contributed by atoms with van der Waals surface area (Å²) in [7, 11) is 1.92. The Bertz CT molecular complexity index is 567. The summed E-state index contributed by atoms with van der Waals surface area (Å²) in [6.45, 7) is 5.12. The van der Waals surface area contributed by atoms with Crippen molar-refractivity contribution in [2.75, 3.05) is 13.6 Å². The molecule has 0 saturated heterocycles. The van der Waals surface area contributed by atoms with E-state index in [1.807, 2.05) is 44.0 Å². The molecule has 0 spiro atoms. The molecule has 0 unspecified atom stereocenters. The van der Waals surface area contributed by atoms with Crippen molar-refractivity contribution in [3.8, 4) is 0 Å². The van der Waals surface area contributed by atoms with Gasteiger partial charge in [-0.25, -0.2) is 4.63 Å². The van der Waals surface area contributed by atoms with E-state index in [1.165, 1.54) is 0 Å². The molecule has 0 fully saturated rings. The fraction of sp³-hybridized carbons (Fsp3) is 0.462. The zero-order valence-corrected chi connectivity index (χ0v) is 11.4. The first kappa shape index (κ1) is 13.5. The highest BCUT2D eigenvalue weighted by Crippen LogP contribution is 2.13. The van der Waals surface area contributed by atoms with Crippen molar-refractivity contribution in [1.29, 1.82) is 0 Å². The monoisotopic (exact) mass is 262 g/mol. The molecule has 0 aliphatic carbocycles. The molecule has 1 heterocycles. The first-order valence-electron chi connectivity index (χ1n) is 6.31. The van der Waals surface area contributed by atoms with Crippen molar-refractivity contribution in [1.82, 2.24) is 20.5 Å². The van der Waals surface area contributed by atoms with Crippen LogP contribution in [0.2, 0.25) is 0 Å². The number of hydrogen-bond donors (Lipinski definition) is 1. The van der Waals surface area contributed by atoms with Crippen LogP contribution < -0.4 is 5.32 Å². The summed E-state index contributed by atoms with van der Waals surface area (Å²) >= 11 is 0. The first-order valence-corrected chi connectivity index (χ1v) is 6.31. The molecule has 2 rings (SSSR count). The Morgan fingerprint density at radius 1 is 1.42 bits per heavy atom. The molecule has 0 bridgehead atoms. The average molecular weight is 262 g/mol. The smallest absolute Gasteiger partial charge is 0.237 e. The summed E-state index contributed by atoms with van der Waals surface area (Å²) in [5.74, 6) is 0.0363. The number of aromatic nitrogens is 2. The Kier molecular flexibility index (Phi) is 4.11. The Morgan fingerprint density at radius 3 is 2.89 bits per heavy atom. The highest BCUT2D eigenvalue weighted by Gasteiger charge is 2.17. The van der Waals surface area contributed by atoms with Crippen molar-refractivity contribution in [3.63, 3.8) is 0 Å². The fourth-order valence-electron chi connectivity index (χ4n) is 1.87. The molecule has 1 aromatic carbocycles. The Labute approximate surface area is 111 Å². The average Bonchev–Trinajstić information content (AvgIpc) is 2.85. The molecule has 1 N–H and O–H groups in total. The number of benzene rings is 1. The van der Waals surface area contributed by atoms with Gasteiger partial charge in [-0.15, -0.1) is 0 Å². The van der Waals surface area contributed by atoms with Gasteiger partial charge in [0.2, 0.25) is 5.91 Å². The van der Waals surface area contributed by atoms with Crippen molar-refractivity contribution < 1.29 is 9.42 Å². The number of rotatable bonds is 5. The maximum Gasteiger partial charge on any atom is 0.237 e. The van der Waals surface area contributed by atoms with E-state index in [4.69, 9.17) is 0 Å². The first-order chi connectivity index (χ1) is 9.11. The van der Waals surface area contributed by atoms with Crippen LogP contribution >= 0.6 is 0 Å². The summed E-state index contributed by atoms with van der Waals surface area (Å²) in [6.07, 6.45) is 0. The van der Waals surface area contributed by atoms with Gasteiger partial charge in [0.05, 0.1) is 6.04 Å². The minimum Gasteiger partial charge on any atom is -0.355 e. The minimum absolute atomic E-state index is 0.0363. The van der Waals surface area contributed by atoms with E-state index in [2.05, 4.69) is 20.3 Å². The van der Waals surface area contributed by atoms with Crippen LogP contribution in [-0.2, 0) is 11.3 Å². The van der Waals surface area contributed by atoms with Crippen LogP contribution in [0.25, 0.3) is 11.0 Å². The molecule has 1 atom stereocenters. The predicted molar refractivity (Wildman–Crippen MR) is 71.4 cm³/mol. The summed E-state index contributed by atoms with van der Waals surface area (Å²) < 4.78 is 4.66. The molecule has 1 aromatic heterocycles. The quantitative estimate of drug-likeness (QED) is 0.876. The molecule has 0 aliphatic heterocycles. The number of carbonyl (C=O) groups excluding carboxylic acids is 1. The van der Waals surface area contributed by atoms with Gasteiger partial charge in [-0.2, -0.15) is 0 Å². The Morgan fingerprint density at radius 2 is 2.16 bits per heavy atom. The third-order valence-corrected chi connectivity index (χ3v) is 3.14.